The van der Waals surface area contributed by atoms with Crippen LogP contribution in [0.25, 0.3) is 0 Å². The summed E-state index contributed by atoms with van der Waals surface area (Å²) in [7, 11) is 0. The average Bonchev–Trinajstić information content (AvgIpc) is 2.67. The molecule has 3 heterocycles. The topological polar surface area (TPSA) is 66.3 Å². The number of hydrogen-bond donors (Lipinski definition) is 1. The van der Waals surface area contributed by atoms with Crippen LogP contribution >= 0.6 is 0 Å². The average molecular weight is 325 g/mol. The zero-order chi connectivity index (χ0) is 16.8. The van der Waals surface area contributed by atoms with Crippen molar-refractivity contribution < 1.29 is 9.90 Å². The Morgan fingerprint density at radius 1 is 1.21 bits per heavy atom. The van der Waals surface area contributed by atoms with Gasteiger partial charge in [0.1, 0.15) is 0 Å². The summed E-state index contributed by atoms with van der Waals surface area (Å²) in [5.41, 5.74) is 1.81. The molecule has 1 N–H and O–H groups in total. The molecule has 3 rings (SSSR count). The molecule has 0 bridgehead atoms. The van der Waals surface area contributed by atoms with E-state index in [9.17, 15) is 9.90 Å². The van der Waals surface area contributed by atoms with E-state index in [4.69, 9.17) is 0 Å². The second kappa shape index (κ2) is 8.02. The highest BCUT2D eigenvalue weighted by atomic mass is 16.3. The van der Waals surface area contributed by atoms with Crippen LogP contribution in [-0.2, 0) is 11.2 Å². The van der Waals surface area contributed by atoms with E-state index in [-0.39, 0.29) is 11.8 Å². The number of likely N-dealkylation sites (tertiary alicyclic amines) is 1. The Kier molecular flexibility index (Phi) is 5.54. The predicted molar refractivity (Wildman–Crippen MR) is 91.1 cm³/mol. The second-order valence-electron chi connectivity index (χ2n) is 6.28. The van der Waals surface area contributed by atoms with Gasteiger partial charge < -0.3 is 10.0 Å². The summed E-state index contributed by atoms with van der Waals surface area (Å²) in [5, 5.41) is 10.4. The summed E-state index contributed by atoms with van der Waals surface area (Å²) in [6.07, 6.45) is 7.58. The number of hydrogen-bond acceptors (Lipinski definition) is 4. The number of carbonyl (C=O) groups is 1. The highest BCUT2D eigenvalue weighted by Gasteiger charge is 2.28. The van der Waals surface area contributed by atoms with Crippen molar-refractivity contribution in [2.75, 3.05) is 13.1 Å². The monoisotopic (exact) mass is 325 g/mol. The summed E-state index contributed by atoms with van der Waals surface area (Å²) < 4.78 is 0. The summed E-state index contributed by atoms with van der Waals surface area (Å²) >= 11 is 0. The van der Waals surface area contributed by atoms with Crippen LogP contribution < -0.4 is 0 Å². The van der Waals surface area contributed by atoms with E-state index >= 15 is 0 Å². The van der Waals surface area contributed by atoms with Gasteiger partial charge in [-0.3, -0.25) is 14.8 Å². The van der Waals surface area contributed by atoms with Crippen molar-refractivity contribution in [3.63, 3.8) is 0 Å². The molecule has 0 spiro atoms. The van der Waals surface area contributed by atoms with Crippen molar-refractivity contribution in [1.29, 1.82) is 0 Å². The van der Waals surface area contributed by atoms with Gasteiger partial charge in [-0.2, -0.15) is 0 Å². The van der Waals surface area contributed by atoms with Gasteiger partial charge in [-0.1, -0.05) is 12.1 Å². The maximum absolute atomic E-state index is 12.3. The molecule has 24 heavy (non-hydrogen) atoms. The molecule has 1 aliphatic heterocycles. The zero-order valence-corrected chi connectivity index (χ0v) is 13.7. The number of nitrogens with zero attached hydrogens (tertiary/aromatic N) is 3. The highest BCUT2D eigenvalue weighted by molar-refractivity contribution is 5.76. The number of pyridine rings is 2. The molecule has 0 saturated carbocycles. The quantitative estimate of drug-likeness (QED) is 0.916. The molecule has 0 aliphatic carbocycles. The molecule has 2 aromatic rings. The SMILES string of the molecule is O=C(CCc1cccnc1)N1CCC(C(O)c2ccccn2)CC1. The van der Waals surface area contributed by atoms with Crippen LogP contribution in [0.3, 0.4) is 0 Å². The fourth-order valence-corrected chi connectivity index (χ4v) is 3.21. The Bertz CT molecular complexity index is 640. The molecule has 2 aromatic heterocycles. The van der Waals surface area contributed by atoms with Gasteiger partial charge in [0.2, 0.25) is 5.91 Å². The van der Waals surface area contributed by atoms with Crippen molar-refractivity contribution in [3.05, 3.63) is 60.2 Å². The van der Waals surface area contributed by atoms with Crippen molar-refractivity contribution >= 4 is 5.91 Å². The molecule has 1 unspecified atom stereocenters. The maximum atomic E-state index is 12.3. The molecule has 1 atom stereocenters. The standard InChI is InChI=1S/C19H23N3O2/c23-18(7-6-15-4-3-10-20-14-15)22-12-8-16(9-13-22)19(24)17-5-1-2-11-21-17/h1-5,10-11,14,16,19,24H,6-9,12-13H2. The number of rotatable bonds is 5. The summed E-state index contributed by atoms with van der Waals surface area (Å²) in [5.74, 6) is 0.354. The highest BCUT2D eigenvalue weighted by Crippen LogP contribution is 2.29. The first-order chi connectivity index (χ1) is 11.7. The third-order valence-corrected chi connectivity index (χ3v) is 4.68. The Balaban J connectivity index is 1.47. The normalized spacial score (nSPS) is 16.8. The number of aliphatic hydroxyl groups excluding tert-OH is 1. The minimum absolute atomic E-state index is 0.169. The lowest BCUT2D eigenvalue weighted by Gasteiger charge is -2.34. The largest absolute Gasteiger partial charge is 0.387 e. The predicted octanol–water partition coefficient (Wildman–Crippen LogP) is 2.38. The first-order valence-electron chi connectivity index (χ1n) is 8.49. The van der Waals surface area contributed by atoms with Crippen LogP contribution in [0, 0.1) is 5.92 Å². The van der Waals surface area contributed by atoms with Crippen LogP contribution in [0.15, 0.2) is 48.9 Å². The van der Waals surface area contributed by atoms with Crippen LogP contribution in [0.1, 0.15) is 36.6 Å². The first-order valence-corrected chi connectivity index (χ1v) is 8.49. The third kappa shape index (κ3) is 4.17. The minimum Gasteiger partial charge on any atom is -0.387 e. The van der Waals surface area contributed by atoms with Crippen molar-refractivity contribution in [3.8, 4) is 0 Å². The molecule has 0 radical (unpaired) electrons. The number of carbonyl (C=O) groups excluding carboxylic acids is 1. The van der Waals surface area contributed by atoms with Crippen LogP contribution in [0.5, 0.6) is 0 Å². The number of amides is 1. The molecule has 1 aliphatic rings. The maximum Gasteiger partial charge on any atom is 0.222 e. The van der Waals surface area contributed by atoms with Gasteiger partial charge in [-0.05, 0) is 48.9 Å². The van der Waals surface area contributed by atoms with Gasteiger partial charge in [0.25, 0.3) is 0 Å². The molecule has 0 aromatic carbocycles. The van der Waals surface area contributed by atoms with E-state index in [1.54, 1.807) is 12.4 Å². The Labute approximate surface area is 142 Å². The number of aryl methyl sites for hydroxylation is 1. The molecular weight excluding hydrogens is 302 g/mol. The van der Waals surface area contributed by atoms with Gasteiger partial charge in [-0.25, -0.2) is 0 Å². The summed E-state index contributed by atoms with van der Waals surface area (Å²) in [4.78, 5) is 22.6. The fraction of sp³-hybridized carbons (Fsp3) is 0.421. The van der Waals surface area contributed by atoms with E-state index in [0.29, 0.717) is 19.5 Å². The number of piperidine rings is 1. The Hall–Kier alpha value is -2.27. The van der Waals surface area contributed by atoms with Gasteiger partial charge in [-0.15, -0.1) is 0 Å². The van der Waals surface area contributed by atoms with Gasteiger partial charge in [0.15, 0.2) is 0 Å². The lowest BCUT2D eigenvalue weighted by molar-refractivity contribution is -0.133. The lowest BCUT2D eigenvalue weighted by atomic mass is 9.89. The molecule has 5 nitrogen and oxygen atoms in total. The summed E-state index contributed by atoms with van der Waals surface area (Å²) in [6.45, 7) is 1.42. The number of aliphatic hydroxyl groups is 1. The summed E-state index contributed by atoms with van der Waals surface area (Å²) in [6, 6.07) is 9.48. The van der Waals surface area contributed by atoms with Gasteiger partial charge in [0, 0.05) is 38.1 Å². The first kappa shape index (κ1) is 16.6. The molecule has 1 saturated heterocycles. The Morgan fingerprint density at radius 2 is 2.04 bits per heavy atom. The molecule has 5 heteroatoms. The van der Waals surface area contributed by atoms with Crippen LogP contribution in [-0.4, -0.2) is 39.0 Å². The van der Waals surface area contributed by atoms with Crippen LogP contribution in [0.2, 0.25) is 0 Å². The smallest absolute Gasteiger partial charge is 0.222 e. The third-order valence-electron chi connectivity index (χ3n) is 4.68. The van der Waals surface area contributed by atoms with Crippen molar-refractivity contribution in [2.45, 2.75) is 31.8 Å². The molecule has 1 amide bonds. The minimum atomic E-state index is -0.543. The molecule has 1 fully saturated rings. The second-order valence-corrected chi connectivity index (χ2v) is 6.28. The van der Waals surface area contributed by atoms with E-state index in [0.717, 1.165) is 30.5 Å². The van der Waals surface area contributed by atoms with Crippen molar-refractivity contribution in [1.82, 2.24) is 14.9 Å². The Morgan fingerprint density at radius 3 is 2.71 bits per heavy atom. The molecule has 126 valence electrons. The molecular formula is C19H23N3O2. The lowest BCUT2D eigenvalue weighted by Crippen LogP contribution is -2.40. The zero-order valence-electron chi connectivity index (χ0n) is 13.7. The fourth-order valence-electron chi connectivity index (χ4n) is 3.21. The van der Waals surface area contributed by atoms with Crippen molar-refractivity contribution in [2.24, 2.45) is 5.92 Å². The van der Waals surface area contributed by atoms with E-state index < -0.39 is 6.10 Å². The van der Waals surface area contributed by atoms with E-state index in [1.165, 1.54) is 0 Å². The van der Waals surface area contributed by atoms with Crippen LogP contribution in [0.4, 0.5) is 0 Å². The van der Waals surface area contributed by atoms with Gasteiger partial charge in [0.05, 0.1) is 11.8 Å². The van der Waals surface area contributed by atoms with E-state index in [2.05, 4.69) is 9.97 Å². The number of aromatic nitrogens is 2. The van der Waals surface area contributed by atoms with Gasteiger partial charge >= 0.3 is 0 Å². The van der Waals surface area contributed by atoms with E-state index in [1.807, 2.05) is 41.4 Å².